The molecule has 1 heterocycles. The molecule has 3 heteroatoms. The summed E-state index contributed by atoms with van der Waals surface area (Å²) in [6.45, 7) is 1.03. The number of hydrogen-bond donors (Lipinski definition) is 1. The average Bonchev–Trinajstić information content (AvgIpc) is 3.06. The number of hydrogen-bond acceptors (Lipinski definition) is 2. The van der Waals surface area contributed by atoms with E-state index >= 15 is 0 Å². The van der Waals surface area contributed by atoms with Crippen molar-refractivity contribution in [3.63, 3.8) is 0 Å². The number of aromatic nitrogens is 2. The fourth-order valence-corrected chi connectivity index (χ4v) is 2.11. The summed E-state index contributed by atoms with van der Waals surface area (Å²) in [5.41, 5.74) is 8.96. The van der Waals surface area contributed by atoms with Crippen molar-refractivity contribution in [1.82, 2.24) is 9.78 Å². The van der Waals surface area contributed by atoms with Crippen LogP contribution in [-0.2, 0) is 6.54 Å². The first-order valence-electron chi connectivity index (χ1n) is 6.20. The number of nitrogens with two attached hydrogens (primary N) is 1. The Labute approximate surface area is 101 Å². The van der Waals surface area contributed by atoms with Gasteiger partial charge in [-0.2, -0.15) is 5.10 Å². The SMILES string of the molecule is Nc1ccccc1-c1cnn(CCC2CC2)c1. The summed E-state index contributed by atoms with van der Waals surface area (Å²) in [6, 6.07) is 7.93. The molecule has 0 bridgehead atoms. The lowest BCUT2D eigenvalue weighted by Gasteiger charge is -2.01. The molecule has 1 aromatic carbocycles. The zero-order valence-corrected chi connectivity index (χ0v) is 9.84. The summed E-state index contributed by atoms with van der Waals surface area (Å²) >= 11 is 0. The zero-order chi connectivity index (χ0) is 11.7. The van der Waals surface area contributed by atoms with Crippen molar-refractivity contribution in [2.75, 3.05) is 5.73 Å². The van der Waals surface area contributed by atoms with Gasteiger partial charge in [-0.25, -0.2) is 0 Å². The topological polar surface area (TPSA) is 43.8 Å². The van der Waals surface area contributed by atoms with Gasteiger partial charge < -0.3 is 5.73 Å². The highest BCUT2D eigenvalue weighted by Crippen LogP contribution is 2.33. The fourth-order valence-electron chi connectivity index (χ4n) is 2.11. The van der Waals surface area contributed by atoms with Gasteiger partial charge in [-0.3, -0.25) is 4.68 Å². The molecule has 3 rings (SSSR count). The van der Waals surface area contributed by atoms with Gasteiger partial charge in [-0.15, -0.1) is 0 Å². The molecule has 1 saturated carbocycles. The Bertz CT molecular complexity index is 512. The first-order chi connectivity index (χ1) is 8.33. The molecule has 0 radical (unpaired) electrons. The molecule has 17 heavy (non-hydrogen) atoms. The molecule has 2 N–H and O–H groups in total. The molecule has 0 saturated heterocycles. The molecule has 1 aliphatic rings. The highest BCUT2D eigenvalue weighted by atomic mass is 15.3. The highest BCUT2D eigenvalue weighted by molar-refractivity contribution is 5.75. The van der Waals surface area contributed by atoms with Gasteiger partial charge in [0.05, 0.1) is 6.20 Å². The number of rotatable bonds is 4. The Morgan fingerprint density at radius 2 is 2.12 bits per heavy atom. The van der Waals surface area contributed by atoms with E-state index in [9.17, 15) is 0 Å². The first-order valence-corrected chi connectivity index (χ1v) is 6.20. The van der Waals surface area contributed by atoms with Crippen molar-refractivity contribution >= 4 is 5.69 Å². The Hall–Kier alpha value is -1.77. The lowest BCUT2D eigenvalue weighted by atomic mass is 10.1. The maximum atomic E-state index is 5.96. The van der Waals surface area contributed by atoms with E-state index in [-0.39, 0.29) is 0 Å². The van der Waals surface area contributed by atoms with Crippen LogP contribution in [0.15, 0.2) is 36.7 Å². The van der Waals surface area contributed by atoms with E-state index in [0.717, 1.165) is 29.3 Å². The average molecular weight is 227 g/mol. The van der Waals surface area contributed by atoms with Crippen LogP contribution in [0.2, 0.25) is 0 Å². The van der Waals surface area contributed by atoms with E-state index in [1.165, 1.54) is 19.3 Å². The molecular weight excluding hydrogens is 210 g/mol. The van der Waals surface area contributed by atoms with Crippen LogP contribution in [0.3, 0.4) is 0 Å². The van der Waals surface area contributed by atoms with Crippen LogP contribution in [0, 0.1) is 5.92 Å². The van der Waals surface area contributed by atoms with Crippen molar-refractivity contribution < 1.29 is 0 Å². The molecule has 2 aromatic rings. The first kappa shape index (κ1) is 10.4. The second-order valence-electron chi connectivity index (χ2n) is 4.81. The summed E-state index contributed by atoms with van der Waals surface area (Å²) < 4.78 is 2.03. The molecule has 1 aromatic heterocycles. The number of nitrogens with zero attached hydrogens (tertiary/aromatic N) is 2. The molecule has 0 aliphatic heterocycles. The lowest BCUT2D eigenvalue weighted by Crippen LogP contribution is -1.98. The third-order valence-corrected chi connectivity index (χ3v) is 3.37. The highest BCUT2D eigenvalue weighted by Gasteiger charge is 2.20. The third-order valence-electron chi connectivity index (χ3n) is 3.37. The number of anilines is 1. The lowest BCUT2D eigenvalue weighted by molar-refractivity contribution is 0.547. The molecule has 0 atom stereocenters. The Morgan fingerprint density at radius 3 is 2.88 bits per heavy atom. The van der Waals surface area contributed by atoms with Crippen LogP contribution in [-0.4, -0.2) is 9.78 Å². The second-order valence-corrected chi connectivity index (χ2v) is 4.81. The minimum Gasteiger partial charge on any atom is -0.398 e. The smallest absolute Gasteiger partial charge is 0.0569 e. The number of nitrogen functional groups attached to an aromatic ring is 1. The van der Waals surface area contributed by atoms with E-state index in [0.29, 0.717) is 0 Å². The van der Waals surface area contributed by atoms with Crippen LogP contribution in [0.25, 0.3) is 11.1 Å². The minimum absolute atomic E-state index is 0.814. The van der Waals surface area contributed by atoms with E-state index in [1.54, 1.807) is 0 Å². The molecule has 0 amide bonds. The van der Waals surface area contributed by atoms with Crippen molar-refractivity contribution in [2.45, 2.75) is 25.8 Å². The van der Waals surface area contributed by atoms with E-state index in [4.69, 9.17) is 5.73 Å². The summed E-state index contributed by atoms with van der Waals surface area (Å²) in [7, 11) is 0. The molecule has 0 spiro atoms. The second kappa shape index (κ2) is 4.24. The molecule has 1 fully saturated rings. The van der Waals surface area contributed by atoms with Crippen LogP contribution in [0.4, 0.5) is 5.69 Å². The fraction of sp³-hybridized carbons (Fsp3) is 0.357. The van der Waals surface area contributed by atoms with Gasteiger partial charge in [0.15, 0.2) is 0 Å². The van der Waals surface area contributed by atoms with Crippen LogP contribution in [0.5, 0.6) is 0 Å². The van der Waals surface area contributed by atoms with Gasteiger partial charge in [-0.05, 0) is 18.4 Å². The molecule has 1 aliphatic carbocycles. The van der Waals surface area contributed by atoms with Crippen molar-refractivity contribution in [2.24, 2.45) is 5.92 Å². The number of aryl methyl sites for hydroxylation is 1. The Morgan fingerprint density at radius 1 is 1.29 bits per heavy atom. The van der Waals surface area contributed by atoms with Crippen LogP contribution >= 0.6 is 0 Å². The Kier molecular flexibility index (Phi) is 2.59. The largest absolute Gasteiger partial charge is 0.398 e. The summed E-state index contributed by atoms with van der Waals surface area (Å²) in [5.74, 6) is 0.949. The molecule has 88 valence electrons. The maximum absolute atomic E-state index is 5.96. The van der Waals surface area contributed by atoms with Gasteiger partial charge >= 0.3 is 0 Å². The summed E-state index contributed by atoms with van der Waals surface area (Å²) in [6.07, 6.45) is 8.05. The summed E-state index contributed by atoms with van der Waals surface area (Å²) in [5, 5.41) is 4.39. The van der Waals surface area contributed by atoms with Crippen molar-refractivity contribution in [3.05, 3.63) is 36.7 Å². The Balaban J connectivity index is 1.77. The normalized spacial score (nSPS) is 15.1. The standard InChI is InChI=1S/C14H17N3/c15-14-4-2-1-3-13(14)12-9-16-17(10-12)8-7-11-5-6-11/h1-4,9-11H,5-8,15H2. The molecular formula is C14H17N3. The van der Waals surface area contributed by atoms with E-state index < -0.39 is 0 Å². The minimum atomic E-state index is 0.814. The van der Waals surface area contributed by atoms with E-state index in [1.807, 2.05) is 35.1 Å². The molecule has 3 nitrogen and oxygen atoms in total. The summed E-state index contributed by atoms with van der Waals surface area (Å²) in [4.78, 5) is 0. The quantitative estimate of drug-likeness (QED) is 0.816. The monoisotopic (exact) mass is 227 g/mol. The molecule has 0 unspecified atom stereocenters. The van der Waals surface area contributed by atoms with Crippen LogP contribution in [0.1, 0.15) is 19.3 Å². The number of para-hydroxylation sites is 1. The van der Waals surface area contributed by atoms with Gasteiger partial charge in [0.25, 0.3) is 0 Å². The predicted molar refractivity (Wildman–Crippen MR) is 69.4 cm³/mol. The number of benzene rings is 1. The van der Waals surface area contributed by atoms with E-state index in [2.05, 4.69) is 11.3 Å². The van der Waals surface area contributed by atoms with Crippen molar-refractivity contribution in [3.8, 4) is 11.1 Å². The van der Waals surface area contributed by atoms with Crippen LogP contribution < -0.4 is 5.73 Å². The van der Waals surface area contributed by atoms with Gasteiger partial charge in [0.1, 0.15) is 0 Å². The predicted octanol–water partition coefficient (Wildman–Crippen LogP) is 2.93. The van der Waals surface area contributed by atoms with Gasteiger partial charge in [0, 0.05) is 29.6 Å². The van der Waals surface area contributed by atoms with Gasteiger partial charge in [0.2, 0.25) is 0 Å². The zero-order valence-electron chi connectivity index (χ0n) is 9.84. The third kappa shape index (κ3) is 2.33. The van der Waals surface area contributed by atoms with Crippen molar-refractivity contribution in [1.29, 1.82) is 0 Å². The van der Waals surface area contributed by atoms with Gasteiger partial charge in [-0.1, -0.05) is 31.0 Å². The maximum Gasteiger partial charge on any atom is 0.0569 e.